The van der Waals surface area contributed by atoms with Crippen molar-refractivity contribution in [1.29, 1.82) is 0 Å². The Hall–Kier alpha value is -1.88. The zero-order chi connectivity index (χ0) is 14.4. The van der Waals surface area contributed by atoms with Crippen molar-refractivity contribution in [2.75, 3.05) is 6.54 Å². The van der Waals surface area contributed by atoms with Gasteiger partial charge in [-0.05, 0) is 42.1 Å². The van der Waals surface area contributed by atoms with E-state index < -0.39 is 0 Å². The molecule has 0 spiro atoms. The molecule has 0 saturated heterocycles. The number of hydrogen-bond acceptors (Lipinski definition) is 3. The highest BCUT2D eigenvalue weighted by Crippen LogP contribution is 2.18. The monoisotopic (exact) mass is 293 g/mol. The van der Waals surface area contributed by atoms with Crippen LogP contribution in [0.15, 0.2) is 35.7 Å². The lowest BCUT2D eigenvalue weighted by molar-refractivity contribution is 0.0957. The normalized spacial score (nSPS) is 10.3. The van der Waals surface area contributed by atoms with Crippen LogP contribution in [-0.4, -0.2) is 12.5 Å². The molecule has 0 aliphatic rings. The maximum absolute atomic E-state index is 12.7. The number of nitrogens with one attached hydrogen (secondary N) is 1. The van der Waals surface area contributed by atoms with E-state index in [0.29, 0.717) is 23.8 Å². The van der Waals surface area contributed by atoms with Gasteiger partial charge in [0.2, 0.25) is 0 Å². The summed E-state index contributed by atoms with van der Waals surface area (Å²) in [7, 11) is 0. The number of rotatable bonds is 6. The van der Waals surface area contributed by atoms with Gasteiger partial charge in [-0.25, -0.2) is 4.39 Å². The van der Waals surface area contributed by atoms with E-state index >= 15 is 0 Å². The fourth-order valence-corrected chi connectivity index (χ4v) is 2.41. The summed E-state index contributed by atoms with van der Waals surface area (Å²) in [6.07, 6.45) is 0.914. The molecule has 1 aromatic carbocycles. The highest BCUT2D eigenvalue weighted by Gasteiger charge is 2.08. The molecule has 0 bridgehead atoms. The van der Waals surface area contributed by atoms with Crippen LogP contribution in [0.5, 0.6) is 5.75 Å². The Morgan fingerprint density at radius 3 is 2.80 bits per heavy atom. The van der Waals surface area contributed by atoms with E-state index in [0.717, 1.165) is 12.0 Å². The lowest BCUT2D eigenvalue weighted by atomic mass is 10.3. The van der Waals surface area contributed by atoms with Crippen molar-refractivity contribution in [1.82, 2.24) is 5.32 Å². The zero-order valence-electron chi connectivity index (χ0n) is 11.2. The van der Waals surface area contributed by atoms with Crippen molar-refractivity contribution in [2.24, 2.45) is 0 Å². The Morgan fingerprint density at radius 1 is 1.35 bits per heavy atom. The first-order chi connectivity index (χ1) is 9.69. The van der Waals surface area contributed by atoms with Crippen LogP contribution in [0.3, 0.4) is 0 Å². The van der Waals surface area contributed by atoms with Crippen molar-refractivity contribution in [3.8, 4) is 5.75 Å². The van der Waals surface area contributed by atoms with Crippen LogP contribution in [0.4, 0.5) is 4.39 Å². The molecule has 0 saturated carbocycles. The third-order valence-electron chi connectivity index (χ3n) is 2.63. The Morgan fingerprint density at radius 2 is 2.10 bits per heavy atom. The topological polar surface area (TPSA) is 38.3 Å². The third kappa shape index (κ3) is 4.06. The summed E-state index contributed by atoms with van der Waals surface area (Å²) < 4.78 is 18.3. The van der Waals surface area contributed by atoms with Gasteiger partial charge in [-0.3, -0.25) is 4.79 Å². The summed E-state index contributed by atoms with van der Waals surface area (Å²) in [5.74, 6) is 0.266. The van der Waals surface area contributed by atoms with Crippen molar-refractivity contribution in [3.63, 3.8) is 0 Å². The van der Waals surface area contributed by atoms with Crippen LogP contribution in [0.25, 0.3) is 0 Å². The molecule has 5 heteroatoms. The average Bonchev–Trinajstić information content (AvgIpc) is 2.93. The second kappa shape index (κ2) is 7.05. The van der Waals surface area contributed by atoms with Crippen LogP contribution in [-0.2, 0) is 6.61 Å². The summed E-state index contributed by atoms with van der Waals surface area (Å²) in [4.78, 5) is 12.4. The molecule has 0 atom stereocenters. The van der Waals surface area contributed by atoms with Gasteiger partial charge in [0.15, 0.2) is 0 Å². The Labute approximate surface area is 121 Å². The average molecular weight is 293 g/mol. The molecule has 106 valence electrons. The molecule has 0 unspecified atom stereocenters. The van der Waals surface area contributed by atoms with Crippen LogP contribution in [0.1, 0.15) is 28.6 Å². The summed E-state index contributed by atoms with van der Waals surface area (Å²) in [6, 6.07) is 7.69. The van der Waals surface area contributed by atoms with Crippen LogP contribution >= 0.6 is 11.3 Å². The number of ether oxygens (including phenoxy) is 1. The van der Waals surface area contributed by atoms with E-state index in [2.05, 4.69) is 5.32 Å². The third-order valence-corrected chi connectivity index (χ3v) is 3.61. The van der Waals surface area contributed by atoms with Gasteiger partial charge in [-0.2, -0.15) is 0 Å². The van der Waals surface area contributed by atoms with E-state index in [4.69, 9.17) is 4.74 Å². The van der Waals surface area contributed by atoms with Gasteiger partial charge in [0.25, 0.3) is 5.91 Å². The maximum atomic E-state index is 12.7. The minimum atomic E-state index is -0.289. The molecule has 0 aliphatic carbocycles. The van der Waals surface area contributed by atoms with Crippen LogP contribution in [0, 0.1) is 5.82 Å². The molecule has 1 aromatic heterocycles. The van der Waals surface area contributed by atoms with Crippen molar-refractivity contribution in [3.05, 3.63) is 52.0 Å². The number of carbonyl (C=O) groups is 1. The minimum Gasteiger partial charge on any atom is -0.489 e. The highest BCUT2D eigenvalue weighted by atomic mass is 32.1. The first-order valence-corrected chi connectivity index (χ1v) is 7.31. The molecule has 1 heterocycles. The van der Waals surface area contributed by atoms with Gasteiger partial charge < -0.3 is 10.1 Å². The first-order valence-electron chi connectivity index (χ1n) is 6.43. The van der Waals surface area contributed by atoms with Gasteiger partial charge in [-0.1, -0.05) is 6.92 Å². The van der Waals surface area contributed by atoms with Crippen LogP contribution in [0.2, 0.25) is 0 Å². The van der Waals surface area contributed by atoms with Crippen LogP contribution < -0.4 is 10.1 Å². The summed E-state index contributed by atoms with van der Waals surface area (Å²) in [5.41, 5.74) is 0.931. The Bertz CT molecular complexity index is 566. The molecule has 0 radical (unpaired) electrons. The zero-order valence-corrected chi connectivity index (χ0v) is 12.0. The number of hydrogen-bond donors (Lipinski definition) is 1. The molecular weight excluding hydrogens is 277 g/mol. The minimum absolute atomic E-state index is 0.0510. The second-order valence-corrected chi connectivity index (χ2v) is 5.23. The number of halogens is 1. The lowest BCUT2D eigenvalue weighted by Crippen LogP contribution is -2.22. The summed E-state index contributed by atoms with van der Waals surface area (Å²) in [5, 5.41) is 4.72. The molecule has 1 amide bonds. The van der Waals surface area contributed by atoms with Gasteiger partial charge in [0.1, 0.15) is 18.2 Å². The second-order valence-electron chi connectivity index (χ2n) is 4.32. The molecule has 2 aromatic rings. The Balaban J connectivity index is 1.89. The van der Waals surface area contributed by atoms with Crippen molar-refractivity contribution < 1.29 is 13.9 Å². The lowest BCUT2D eigenvalue weighted by Gasteiger charge is -2.04. The van der Waals surface area contributed by atoms with Crippen molar-refractivity contribution >= 4 is 17.2 Å². The van der Waals surface area contributed by atoms with Gasteiger partial charge in [0.05, 0.1) is 4.88 Å². The fraction of sp³-hybridized carbons (Fsp3) is 0.267. The highest BCUT2D eigenvalue weighted by molar-refractivity contribution is 7.12. The fourth-order valence-electron chi connectivity index (χ4n) is 1.59. The predicted octanol–water partition coefficient (Wildman–Crippen LogP) is 3.61. The standard InChI is InChI=1S/C15H16FNO2S/c1-2-7-17-15(18)14-8-11(10-20-14)9-19-13-5-3-12(16)4-6-13/h3-6,8,10H,2,7,9H2,1H3,(H,17,18). The maximum Gasteiger partial charge on any atom is 0.261 e. The van der Waals surface area contributed by atoms with E-state index in [1.54, 1.807) is 12.1 Å². The molecule has 2 rings (SSSR count). The van der Waals surface area contributed by atoms with Gasteiger partial charge >= 0.3 is 0 Å². The summed E-state index contributed by atoms with van der Waals surface area (Å²) >= 11 is 1.39. The molecule has 3 nitrogen and oxygen atoms in total. The van der Waals surface area contributed by atoms with Gasteiger partial charge in [0, 0.05) is 12.1 Å². The Kier molecular flexibility index (Phi) is 5.12. The predicted molar refractivity (Wildman–Crippen MR) is 77.7 cm³/mol. The number of benzene rings is 1. The largest absolute Gasteiger partial charge is 0.489 e. The molecule has 1 N–H and O–H groups in total. The quantitative estimate of drug-likeness (QED) is 0.883. The molecule has 0 fully saturated rings. The van der Waals surface area contributed by atoms with E-state index in [1.807, 2.05) is 18.4 Å². The van der Waals surface area contributed by atoms with E-state index in [1.165, 1.54) is 23.5 Å². The smallest absolute Gasteiger partial charge is 0.261 e. The molecule has 0 aliphatic heterocycles. The van der Waals surface area contributed by atoms with E-state index in [9.17, 15) is 9.18 Å². The SMILES string of the molecule is CCCNC(=O)c1cc(COc2ccc(F)cc2)cs1. The van der Waals surface area contributed by atoms with Gasteiger partial charge in [-0.15, -0.1) is 11.3 Å². The van der Waals surface area contributed by atoms with Crippen molar-refractivity contribution in [2.45, 2.75) is 20.0 Å². The number of amides is 1. The molecule has 20 heavy (non-hydrogen) atoms. The number of thiophene rings is 1. The number of carbonyl (C=O) groups excluding carboxylic acids is 1. The van der Waals surface area contributed by atoms with E-state index in [-0.39, 0.29) is 11.7 Å². The summed E-state index contributed by atoms with van der Waals surface area (Å²) in [6.45, 7) is 3.05. The molecular formula is C15H16FNO2S. The first kappa shape index (κ1) is 14.5.